The SMILES string of the molecule is CC(C)(CNCc1ccc(OCC#N)cc1)c1cccs1. The van der Waals surface area contributed by atoms with E-state index in [0.717, 1.165) is 18.8 Å². The normalized spacial score (nSPS) is 11.1. The van der Waals surface area contributed by atoms with E-state index in [4.69, 9.17) is 10.00 Å². The van der Waals surface area contributed by atoms with E-state index in [1.165, 1.54) is 10.4 Å². The molecule has 0 aliphatic carbocycles. The highest BCUT2D eigenvalue weighted by Gasteiger charge is 2.20. The first kappa shape index (κ1) is 15.6. The molecule has 2 aromatic rings. The third kappa shape index (κ3) is 4.59. The fourth-order valence-electron chi connectivity index (χ4n) is 2.09. The van der Waals surface area contributed by atoms with Crippen molar-refractivity contribution < 1.29 is 4.74 Å². The molecule has 0 aliphatic heterocycles. The summed E-state index contributed by atoms with van der Waals surface area (Å²) in [4.78, 5) is 1.40. The van der Waals surface area contributed by atoms with Gasteiger partial charge >= 0.3 is 0 Å². The number of nitrogens with one attached hydrogen (secondary N) is 1. The van der Waals surface area contributed by atoms with Crippen LogP contribution in [0.25, 0.3) is 0 Å². The highest BCUT2D eigenvalue weighted by atomic mass is 32.1. The van der Waals surface area contributed by atoms with Gasteiger partial charge in [-0.3, -0.25) is 0 Å². The maximum absolute atomic E-state index is 8.47. The van der Waals surface area contributed by atoms with Gasteiger partial charge < -0.3 is 10.1 Å². The number of benzene rings is 1. The molecule has 0 saturated heterocycles. The van der Waals surface area contributed by atoms with E-state index < -0.39 is 0 Å². The summed E-state index contributed by atoms with van der Waals surface area (Å²) in [5.74, 6) is 0.735. The van der Waals surface area contributed by atoms with Crippen molar-refractivity contribution >= 4 is 11.3 Å². The fraction of sp³-hybridized carbons (Fsp3) is 0.353. The van der Waals surface area contributed by atoms with Crippen LogP contribution in [0.5, 0.6) is 5.75 Å². The first-order valence-corrected chi connectivity index (χ1v) is 7.83. The van der Waals surface area contributed by atoms with Crippen LogP contribution >= 0.6 is 11.3 Å². The van der Waals surface area contributed by atoms with E-state index >= 15 is 0 Å². The molecule has 0 amide bonds. The van der Waals surface area contributed by atoms with Crippen molar-refractivity contribution in [3.05, 3.63) is 52.2 Å². The van der Waals surface area contributed by atoms with Gasteiger partial charge in [-0.05, 0) is 29.1 Å². The first-order chi connectivity index (χ1) is 10.1. The van der Waals surface area contributed by atoms with Crippen LogP contribution in [0, 0.1) is 11.3 Å². The Morgan fingerprint density at radius 1 is 1.24 bits per heavy atom. The van der Waals surface area contributed by atoms with Crippen molar-refractivity contribution in [2.24, 2.45) is 0 Å². The van der Waals surface area contributed by atoms with E-state index in [9.17, 15) is 0 Å². The molecule has 0 radical (unpaired) electrons. The largest absolute Gasteiger partial charge is 0.479 e. The van der Waals surface area contributed by atoms with Gasteiger partial charge in [0.1, 0.15) is 11.8 Å². The number of hydrogen-bond acceptors (Lipinski definition) is 4. The van der Waals surface area contributed by atoms with E-state index in [1.54, 1.807) is 11.3 Å². The average molecular weight is 300 g/mol. The molecule has 1 N–H and O–H groups in total. The predicted molar refractivity (Wildman–Crippen MR) is 86.6 cm³/mol. The van der Waals surface area contributed by atoms with Crippen LogP contribution < -0.4 is 10.1 Å². The molecule has 1 heterocycles. The molecular formula is C17H20N2OS. The Labute approximate surface area is 130 Å². The van der Waals surface area contributed by atoms with Crippen molar-refractivity contribution in [3.63, 3.8) is 0 Å². The lowest BCUT2D eigenvalue weighted by Crippen LogP contribution is -2.31. The Morgan fingerprint density at radius 2 is 2.00 bits per heavy atom. The molecule has 0 aliphatic rings. The number of hydrogen-bond donors (Lipinski definition) is 1. The summed E-state index contributed by atoms with van der Waals surface area (Å²) >= 11 is 1.80. The zero-order valence-corrected chi connectivity index (χ0v) is 13.2. The van der Waals surface area contributed by atoms with Crippen LogP contribution in [0.2, 0.25) is 0 Å². The van der Waals surface area contributed by atoms with E-state index in [1.807, 2.05) is 30.3 Å². The Hall–Kier alpha value is -1.83. The van der Waals surface area contributed by atoms with Gasteiger partial charge in [0.2, 0.25) is 0 Å². The van der Waals surface area contributed by atoms with Crippen LogP contribution in [0.1, 0.15) is 24.3 Å². The van der Waals surface area contributed by atoms with Crippen LogP contribution in [0.4, 0.5) is 0 Å². The molecule has 4 heteroatoms. The van der Waals surface area contributed by atoms with Crippen molar-refractivity contribution in [1.29, 1.82) is 5.26 Å². The lowest BCUT2D eigenvalue weighted by molar-refractivity contribution is 0.368. The number of rotatable bonds is 7. The minimum absolute atomic E-state index is 0.0899. The molecule has 1 aromatic heterocycles. The maximum Gasteiger partial charge on any atom is 0.174 e. The van der Waals surface area contributed by atoms with Crippen LogP contribution in [0.15, 0.2) is 41.8 Å². The average Bonchev–Trinajstić information content (AvgIpc) is 3.01. The quantitative estimate of drug-likeness (QED) is 0.847. The van der Waals surface area contributed by atoms with Crippen LogP contribution in [-0.4, -0.2) is 13.2 Å². The molecule has 0 unspecified atom stereocenters. The molecule has 0 spiro atoms. The number of ether oxygens (including phenoxy) is 1. The Bertz CT molecular complexity index is 582. The molecular weight excluding hydrogens is 280 g/mol. The van der Waals surface area contributed by atoms with Gasteiger partial charge in [-0.15, -0.1) is 11.3 Å². The third-order valence-electron chi connectivity index (χ3n) is 3.31. The predicted octanol–water partition coefficient (Wildman–Crippen LogP) is 3.72. The van der Waals surface area contributed by atoms with E-state index in [2.05, 4.69) is 36.7 Å². The maximum atomic E-state index is 8.47. The summed E-state index contributed by atoms with van der Waals surface area (Å²) in [7, 11) is 0. The number of thiophene rings is 1. The molecule has 3 nitrogen and oxygen atoms in total. The first-order valence-electron chi connectivity index (χ1n) is 6.95. The molecule has 2 rings (SSSR count). The molecule has 110 valence electrons. The minimum Gasteiger partial charge on any atom is -0.479 e. The molecule has 1 aromatic carbocycles. The number of nitrogens with zero attached hydrogens (tertiary/aromatic N) is 1. The van der Waals surface area contributed by atoms with Gasteiger partial charge in [0, 0.05) is 23.4 Å². The summed E-state index contributed by atoms with van der Waals surface area (Å²) < 4.78 is 5.24. The van der Waals surface area contributed by atoms with Gasteiger partial charge in [-0.2, -0.15) is 5.26 Å². The lowest BCUT2D eigenvalue weighted by Gasteiger charge is -2.23. The summed E-state index contributed by atoms with van der Waals surface area (Å²) in [6.07, 6.45) is 0. The zero-order chi connectivity index (χ0) is 15.1. The second kappa shape index (κ2) is 7.26. The van der Waals surface area contributed by atoms with E-state index in [0.29, 0.717) is 0 Å². The highest BCUT2D eigenvalue weighted by molar-refractivity contribution is 7.10. The summed E-state index contributed by atoms with van der Waals surface area (Å²) in [6.45, 7) is 6.36. The molecule has 0 atom stereocenters. The highest BCUT2D eigenvalue weighted by Crippen LogP contribution is 2.26. The molecule has 0 bridgehead atoms. The van der Waals surface area contributed by atoms with Gasteiger partial charge in [0.05, 0.1) is 0 Å². The van der Waals surface area contributed by atoms with Gasteiger partial charge in [0.15, 0.2) is 6.61 Å². The van der Waals surface area contributed by atoms with Crippen molar-refractivity contribution in [3.8, 4) is 11.8 Å². The molecule has 0 fully saturated rings. The fourth-order valence-corrected chi connectivity index (χ4v) is 2.94. The van der Waals surface area contributed by atoms with Crippen LogP contribution in [-0.2, 0) is 12.0 Å². The molecule has 0 saturated carbocycles. The summed E-state index contributed by atoms with van der Waals surface area (Å²) in [5.41, 5.74) is 1.35. The Balaban J connectivity index is 1.82. The Kier molecular flexibility index (Phi) is 5.38. The van der Waals surface area contributed by atoms with Crippen LogP contribution in [0.3, 0.4) is 0 Å². The van der Waals surface area contributed by atoms with Gasteiger partial charge in [-0.1, -0.05) is 32.0 Å². The zero-order valence-electron chi connectivity index (χ0n) is 12.4. The van der Waals surface area contributed by atoms with Gasteiger partial charge in [0.25, 0.3) is 0 Å². The standard InChI is InChI=1S/C17H20N2OS/c1-17(2,16-4-3-11-21-16)13-19-12-14-5-7-15(8-6-14)20-10-9-18/h3-8,11,19H,10,12-13H2,1-2H3. The topological polar surface area (TPSA) is 45.0 Å². The summed E-state index contributed by atoms with van der Waals surface area (Å²) in [5, 5.41) is 14.1. The third-order valence-corrected chi connectivity index (χ3v) is 4.55. The van der Waals surface area contributed by atoms with Crippen molar-refractivity contribution in [2.75, 3.05) is 13.2 Å². The van der Waals surface area contributed by atoms with Crippen molar-refractivity contribution in [1.82, 2.24) is 5.32 Å². The molecule has 21 heavy (non-hydrogen) atoms. The summed E-state index contributed by atoms with van der Waals surface area (Å²) in [6, 6.07) is 14.1. The number of nitriles is 1. The lowest BCUT2D eigenvalue weighted by atomic mass is 9.91. The van der Waals surface area contributed by atoms with Gasteiger partial charge in [-0.25, -0.2) is 0 Å². The second-order valence-electron chi connectivity index (χ2n) is 5.56. The monoisotopic (exact) mass is 300 g/mol. The smallest absolute Gasteiger partial charge is 0.174 e. The van der Waals surface area contributed by atoms with E-state index in [-0.39, 0.29) is 12.0 Å². The van der Waals surface area contributed by atoms with Crippen molar-refractivity contribution in [2.45, 2.75) is 25.8 Å². The minimum atomic E-state index is 0.0899. The second-order valence-corrected chi connectivity index (χ2v) is 6.50. The Morgan fingerprint density at radius 3 is 2.62 bits per heavy atom.